The number of nitrogens with two attached hydrogens (primary N) is 1. The average Bonchev–Trinajstić information content (AvgIpc) is 2.31. The molecule has 0 rings (SSSR count). The van der Waals surface area contributed by atoms with Crippen molar-refractivity contribution in [1.29, 1.82) is 0 Å². The van der Waals surface area contributed by atoms with Gasteiger partial charge in [0.15, 0.2) is 5.78 Å². The Kier molecular flexibility index (Phi) is 8.44. The third-order valence-electron chi connectivity index (χ3n) is 2.15. The van der Waals surface area contributed by atoms with Crippen LogP contribution in [0, 0.1) is 0 Å². The molecule has 0 heterocycles. The Labute approximate surface area is 107 Å². The summed E-state index contributed by atoms with van der Waals surface area (Å²) in [6.07, 6.45) is 7.85. The quantitative estimate of drug-likeness (QED) is 0.448. The van der Waals surface area contributed by atoms with Crippen molar-refractivity contribution in [2.75, 3.05) is 0 Å². The van der Waals surface area contributed by atoms with Gasteiger partial charge in [0.1, 0.15) is 11.4 Å². The molecule has 4 nitrogen and oxygen atoms in total. The molecular formula is C12H19NO3S. The number of allylic oxidation sites excluding steroid dienone is 4. The highest BCUT2D eigenvalue weighted by atomic mass is 32.1. The summed E-state index contributed by atoms with van der Waals surface area (Å²) >= 11 is 3.78. The van der Waals surface area contributed by atoms with Crippen molar-refractivity contribution in [1.82, 2.24) is 0 Å². The van der Waals surface area contributed by atoms with Crippen molar-refractivity contribution in [2.24, 2.45) is 5.73 Å². The molecule has 0 radical (unpaired) electrons. The van der Waals surface area contributed by atoms with Crippen LogP contribution < -0.4 is 5.73 Å². The standard InChI is InChI=1S/C12H19NO3S/c1-2-3-4-5-6-7-8-9(14)10(15)11(17)12(13)16/h2-3,5-6,10-11,15,17H,4,7-8H2,1H3,(H2,13,16)/b3-2+,6-5+/t10-,11-/m1/s1. The number of amides is 1. The van der Waals surface area contributed by atoms with Gasteiger partial charge in [-0.05, 0) is 19.8 Å². The normalized spacial score (nSPS) is 15.2. The number of rotatable bonds is 8. The van der Waals surface area contributed by atoms with Crippen LogP contribution in [0.3, 0.4) is 0 Å². The lowest BCUT2D eigenvalue weighted by molar-refractivity contribution is -0.131. The number of thiol groups is 1. The lowest BCUT2D eigenvalue weighted by atomic mass is 10.1. The third kappa shape index (κ3) is 6.97. The zero-order valence-corrected chi connectivity index (χ0v) is 10.8. The van der Waals surface area contributed by atoms with Gasteiger partial charge in [-0.2, -0.15) is 12.6 Å². The van der Waals surface area contributed by atoms with Gasteiger partial charge < -0.3 is 10.8 Å². The summed E-state index contributed by atoms with van der Waals surface area (Å²) in [6, 6.07) is 0. The summed E-state index contributed by atoms with van der Waals surface area (Å²) in [7, 11) is 0. The van der Waals surface area contributed by atoms with Crippen molar-refractivity contribution in [3.63, 3.8) is 0 Å². The van der Waals surface area contributed by atoms with Gasteiger partial charge in [-0.3, -0.25) is 9.59 Å². The molecule has 17 heavy (non-hydrogen) atoms. The molecule has 5 heteroatoms. The van der Waals surface area contributed by atoms with Crippen LogP contribution >= 0.6 is 12.6 Å². The number of primary amides is 1. The topological polar surface area (TPSA) is 80.4 Å². The maximum Gasteiger partial charge on any atom is 0.233 e. The van der Waals surface area contributed by atoms with E-state index in [9.17, 15) is 14.7 Å². The third-order valence-corrected chi connectivity index (χ3v) is 2.69. The van der Waals surface area contributed by atoms with E-state index in [0.29, 0.717) is 6.42 Å². The molecule has 1 amide bonds. The minimum Gasteiger partial charge on any atom is -0.384 e. The molecule has 0 aliphatic heterocycles. The van der Waals surface area contributed by atoms with E-state index < -0.39 is 23.0 Å². The van der Waals surface area contributed by atoms with Crippen LogP contribution in [0.15, 0.2) is 24.3 Å². The van der Waals surface area contributed by atoms with Crippen molar-refractivity contribution in [3.05, 3.63) is 24.3 Å². The highest BCUT2D eigenvalue weighted by molar-refractivity contribution is 7.81. The maximum absolute atomic E-state index is 11.4. The summed E-state index contributed by atoms with van der Waals surface area (Å²) < 4.78 is 0. The first-order valence-electron chi connectivity index (χ1n) is 5.45. The van der Waals surface area contributed by atoms with Crippen molar-refractivity contribution >= 4 is 24.3 Å². The van der Waals surface area contributed by atoms with Crippen LogP contribution in [0.2, 0.25) is 0 Å². The van der Waals surface area contributed by atoms with Gasteiger partial charge in [-0.1, -0.05) is 24.3 Å². The van der Waals surface area contributed by atoms with E-state index in [1.54, 1.807) is 0 Å². The molecule has 0 spiro atoms. The molecule has 0 aliphatic carbocycles. The van der Waals surface area contributed by atoms with Crippen LogP contribution in [-0.4, -0.2) is 28.2 Å². The SMILES string of the molecule is C/C=C/C/C=C/CCC(=O)[C@@H](O)[C@@H](S)C(N)=O. The van der Waals surface area contributed by atoms with Crippen LogP contribution in [0.4, 0.5) is 0 Å². The van der Waals surface area contributed by atoms with Crippen molar-refractivity contribution in [2.45, 2.75) is 37.5 Å². The van der Waals surface area contributed by atoms with E-state index in [1.165, 1.54) is 0 Å². The number of carbonyl (C=O) groups excluding carboxylic acids is 2. The van der Waals surface area contributed by atoms with Gasteiger partial charge in [-0.25, -0.2) is 0 Å². The molecule has 0 aromatic carbocycles. The number of aliphatic hydroxyl groups excluding tert-OH is 1. The predicted octanol–water partition coefficient (Wildman–Crippen LogP) is 1.00. The number of carbonyl (C=O) groups is 2. The molecule has 0 aromatic rings. The van der Waals surface area contributed by atoms with Crippen molar-refractivity contribution in [3.8, 4) is 0 Å². The number of ketones is 1. The molecule has 0 aromatic heterocycles. The first-order chi connectivity index (χ1) is 8.00. The Morgan fingerprint density at radius 3 is 2.53 bits per heavy atom. The molecule has 2 atom stereocenters. The molecular weight excluding hydrogens is 238 g/mol. The second-order valence-electron chi connectivity index (χ2n) is 3.57. The van der Waals surface area contributed by atoms with E-state index in [4.69, 9.17) is 5.73 Å². The fourth-order valence-corrected chi connectivity index (χ4v) is 1.30. The first-order valence-corrected chi connectivity index (χ1v) is 5.96. The maximum atomic E-state index is 11.4. The van der Waals surface area contributed by atoms with E-state index in [2.05, 4.69) is 12.6 Å². The highest BCUT2D eigenvalue weighted by Crippen LogP contribution is 2.07. The van der Waals surface area contributed by atoms with Gasteiger partial charge in [0.25, 0.3) is 0 Å². The molecule has 0 fully saturated rings. The Hall–Kier alpha value is -1.07. The number of hydrogen-bond donors (Lipinski definition) is 3. The molecule has 0 saturated heterocycles. The molecule has 0 unspecified atom stereocenters. The Morgan fingerprint density at radius 1 is 1.35 bits per heavy atom. The lowest BCUT2D eigenvalue weighted by Crippen LogP contribution is -2.39. The summed E-state index contributed by atoms with van der Waals surface area (Å²) in [4.78, 5) is 22.1. The monoisotopic (exact) mass is 257 g/mol. The van der Waals surface area contributed by atoms with Crippen LogP contribution in [0.25, 0.3) is 0 Å². The zero-order valence-electron chi connectivity index (χ0n) is 9.87. The minimum absolute atomic E-state index is 0.178. The average molecular weight is 257 g/mol. The highest BCUT2D eigenvalue weighted by Gasteiger charge is 2.26. The van der Waals surface area contributed by atoms with Crippen molar-refractivity contribution < 1.29 is 14.7 Å². The largest absolute Gasteiger partial charge is 0.384 e. The Morgan fingerprint density at radius 2 is 2.00 bits per heavy atom. The van der Waals surface area contributed by atoms with E-state index in [1.807, 2.05) is 31.2 Å². The Balaban J connectivity index is 3.94. The summed E-state index contributed by atoms with van der Waals surface area (Å²) in [6.45, 7) is 1.93. The summed E-state index contributed by atoms with van der Waals surface area (Å²) in [5.74, 6) is -1.21. The fourth-order valence-electron chi connectivity index (χ4n) is 1.13. The minimum atomic E-state index is -1.42. The number of hydrogen-bond acceptors (Lipinski definition) is 4. The second kappa shape index (κ2) is 9.01. The molecule has 0 saturated carbocycles. The van der Waals surface area contributed by atoms with Gasteiger partial charge in [0.05, 0.1) is 0 Å². The van der Waals surface area contributed by atoms with E-state index in [-0.39, 0.29) is 6.42 Å². The zero-order chi connectivity index (χ0) is 13.3. The van der Waals surface area contributed by atoms with Crippen LogP contribution in [0.1, 0.15) is 26.2 Å². The Bertz CT molecular complexity index is 313. The van der Waals surface area contributed by atoms with E-state index >= 15 is 0 Å². The van der Waals surface area contributed by atoms with Gasteiger partial charge in [0.2, 0.25) is 5.91 Å². The molecule has 0 bridgehead atoms. The molecule has 0 aliphatic rings. The van der Waals surface area contributed by atoms with Gasteiger partial charge >= 0.3 is 0 Å². The number of Topliss-reactive ketones (excluding diaryl/α,β-unsaturated/α-hetero) is 1. The van der Waals surface area contributed by atoms with Gasteiger partial charge in [-0.15, -0.1) is 0 Å². The predicted molar refractivity (Wildman–Crippen MR) is 70.8 cm³/mol. The first kappa shape index (κ1) is 15.9. The smallest absolute Gasteiger partial charge is 0.233 e. The van der Waals surface area contributed by atoms with E-state index in [0.717, 1.165) is 6.42 Å². The fraction of sp³-hybridized carbons (Fsp3) is 0.500. The van der Waals surface area contributed by atoms with Crippen LogP contribution in [0.5, 0.6) is 0 Å². The second-order valence-corrected chi connectivity index (χ2v) is 4.13. The van der Waals surface area contributed by atoms with Crippen LogP contribution in [-0.2, 0) is 9.59 Å². The van der Waals surface area contributed by atoms with Gasteiger partial charge in [0, 0.05) is 6.42 Å². The lowest BCUT2D eigenvalue weighted by Gasteiger charge is -2.12. The number of aliphatic hydroxyl groups is 1. The molecule has 3 N–H and O–H groups in total. The summed E-state index contributed by atoms with van der Waals surface area (Å²) in [5.41, 5.74) is 4.94. The summed E-state index contributed by atoms with van der Waals surface area (Å²) in [5, 5.41) is 8.31. The molecule has 96 valence electrons.